The molecule has 32 heavy (non-hydrogen) atoms. The first-order valence-electron chi connectivity index (χ1n) is 10.9. The van der Waals surface area contributed by atoms with Crippen molar-refractivity contribution in [1.82, 2.24) is 19.4 Å². The van der Waals surface area contributed by atoms with E-state index in [2.05, 4.69) is 33.5 Å². The molecule has 6 bridgehead atoms. The maximum Gasteiger partial charge on any atom is 0.237 e. The number of nitriles is 1. The van der Waals surface area contributed by atoms with Gasteiger partial charge in [0.25, 0.3) is 0 Å². The van der Waals surface area contributed by atoms with Crippen molar-refractivity contribution in [2.75, 3.05) is 19.6 Å². The van der Waals surface area contributed by atoms with Gasteiger partial charge in [-0.05, 0) is 47.4 Å². The molecule has 1 amide bonds. The van der Waals surface area contributed by atoms with Gasteiger partial charge >= 0.3 is 0 Å². The van der Waals surface area contributed by atoms with Gasteiger partial charge in [0, 0.05) is 38.9 Å². The Morgan fingerprint density at radius 1 is 1.09 bits per heavy atom. The molecular weight excluding hydrogens is 402 g/mol. The van der Waals surface area contributed by atoms with E-state index in [1.165, 1.54) is 5.56 Å². The minimum absolute atomic E-state index is 0.139. The van der Waals surface area contributed by atoms with Crippen LogP contribution >= 0.6 is 0 Å². The Balaban J connectivity index is 1.59. The van der Waals surface area contributed by atoms with E-state index in [0.29, 0.717) is 49.8 Å². The van der Waals surface area contributed by atoms with Gasteiger partial charge in [-0.1, -0.05) is 19.1 Å². The van der Waals surface area contributed by atoms with Crippen molar-refractivity contribution in [2.24, 2.45) is 0 Å². The van der Waals surface area contributed by atoms with E-state index in [9.17, 15) is 10.1 Å². The van der Waals surface area contributed by atoms with Gasteiger partial charge in [0.15, 0.2) is 0 Å². The third-order valence-corrected chi connectivity index (χ3v) is 6.25. The van der Waals surface area contributed by atoms with Gasteiger partial charge in [0.2, 0.25) is 5.91 Å². The van der Waals surface area contributed by atoms with Crippen LogP contribution in [0.15, 0.2) is 48.9 Å². The zero-order valence-electron chi connectivity index (χ0n) is 18.1. The van der Waals surface area contributed by atoms with Crippen LogP contribution in [-0.2, 0) is 30.8 Å². The topological polar surface area (TPSA) is 74.4 Å². The van der Waals surface area contributed by atoms with Gasteiger partial charge in [0.05, 0.1) is 24.1 Å². The van der Waals surface area contributed by atoms with Gasteiger partial charge in [-0.3, -0.25) is 9.69 Å². The van der Waals surface area contributed by atoms with Crippen molar-refractivity contribution in [2.45, 2.75) is 33.0 Å². The number of aromatic nitrogens is 2. The Labute approximate surface area is 187 Å². The molecule has 2 aromatic carbocycles. The van der Waals surface area contributed by atoms with E-state index < -0.39 is 0 Å². The molecule has 4 heterocycles. The molecule has 7 heteroatoms. The van der Waals surface area contributed by atoms with E-state index in [1.54, 1.807) is 0 Å². The van der Waals surface area contributed by atoms with Crippen molar-refractivity contribution in [1.29, 1.82) is 5.26 Å². The largest absolute Gasteiger partial charge is 0.456 e. The number of hydrogen-bond donors (Lipinski definition) is 0. The van der Waals surface area contributed by atoms with Gasteiger partial charge in [-0.25, -0.2) is 4.98 Å². The molecule has 0 saturated carbocycles. The molecule has 0 aliphatic carbocycles. The summed E-state index contributed by atoms with van der Waals surface area (Å²) in [6.45, 7) is 5.90. The minimum atomic E-state index is 0.139. The summed E-state index contributed by atoms with van der Waals surface area (Å²) < 4.78 is 8.28. The average Bonchev–Trinajstić information content (AvgIpc) is 3.22. The van der Waals surface area contributed by atoms with E-state index in [0.717, 1.165) is 29.8 Å². The number of nitrogens with zero attached hydrogens (tertiary/aromatic N) is 5. The Kier molecular flexibility index (Phi) is 5.38. The first-order valence-corrected chi connectivity index (χ1v) is 10.9. The highest BCUT2D eigenvalue weighted by atomic mass is 16.5. The number of piperazine rings is 1. The quantitative estimate of drug-likeness (QED) is 0.596. The highest BCUT2D eigenvalue weighted by Crippen LogP contribution is 2.29. The minimum Gasteiger partial charge on any atom is -0.456 e. The normalized spacial score (nSPS) is 18.1. The maximum atomic E-state index is 12.9. The predicted molar refractivity (Wildman–Crippen MR) is 119 cm³/mol. The molecule has 0 radical (unpaired) electrons. The molecule has 1 aromatic heterocycles. The van der Waals surface area contributed by atoms with Gasteiger partial charge < -0.3 is 14.2 Å². The van der Waals surface area contributed by atoms with E-state index >= 15 is 0 Å². The van der Waals surface area contributed by atoms with Gasteiger partial charge in [-0.2, -0.15) is 5.26 Å². The lowest BCUT2D eigenvalue weighted by Gasteiger charge is -2.35. The van der Waals surface area contributed by atoms with Crippen molar-refractivity contribution in [3.63, 3.8) is 0 Å². The zero-order chi connectivity index (χ0) is 22.1. The number of rotatable bonds is 1. The fourth-order valence-corrected chi connectivity index (χ4v) is 4.44. The number of ether oxygens (including phenoxy) is 1. The van der Waals surface area contributed by atoms with E-state index in [-0.39, 0.29) is 5.91 Å². The lowest BCUT2D eigenvalue weighted by Crippen LogP contribution is -2.49. The van der Waals surface area contributed by atoms with Crippen LogP contribution in [0, 0.1) is 11.3 Å². The highest BCUT2D eigenvalue weighted by Gasteiger charge is 2.25. The predicted octanol–water partition coefficient (Wildman–Crippen LogP) is 3.32. The molecule has 6 rings (SSSR count). The van der Waals surface area contributed by atoms with Crippen LogP contribution in [0.3, 0.4) is 0 Å². The summed E-state index contributed by atoms with van der Waals surface area (Å²) in [6, 6.07) is 13.9. The van der Waals surface area contributed by atoms with Crippen LogP contribution in [0.5, 0.6) is 11.5 Å². The summed E-state index contributed by atoms with van der Waals surface area (Å²) in [7, 11) is 0. The average molecular weight is 428 g/mol. The smallest absolute Gasteiger partial charge is 0.237 e. The summed E-state index contributed by atoms with van der Waals surface area (Å²) in [4.78, 5) is 21.4. The summed E-state index contributed by atoms with van der Waals surface area (Å²) in [5, 5.41) is 9.59. The van der Waals surface area contributed by atoms with Crippen LogP contribution < -0.4 is 4.74 Å². The van der Waals surface area contributed by atoms with Crippen molar-refractivity contribution >= 4 is 5.91 Å². The lowest BCUT2D eigenvalue weighted by molar-refractivity contribution is -0.136. The number of hydrogen-bond acceptors (Lipinski definition) is 5. The molecule has 1 atom stereocenters. The van der Waals surface area contributed by atoms with E-state index in [4.69, 9.17) is 4.74 Å². The fraction of sp³-hybridized carbons (Fsp3) is 0.320. The molecular formula is C25H25N5O2. The summed E-state index contributed by atoms with van der Waals surface area (Å²) >= 11 is 0. The molecule has 3 aliphatic rings. The lowest BCUT2D eigenvalue weighted by atomic mass is 10.0. The Morgan fingerprint density at radius 2 is 2.00 bits per heavy atom. The second kappa shape index (κ2) is 8.48. The molecule has 3 aromatic rings. The van der Waals surface area contributed by atoms with Crippen LogP contribution in [0.1, 0.15) is 34.9 Å². The van der Waals surface area contributed by atoms with Crippen LogP contribution in [0.2, 0.25) is 0 Å². The van der Waals surface area contributed by atoms with E-state index in [1.807, 2.05) is 47.8 Å². The molecule has 162 valence electrons. The number of carbonyl (C=O) groups is 1. The molecule has 1 unspecified atom stereocenters. The molecule has 3 aliphatic heterocycles. The monoisotopic (exact) mass is 427 g/mol. The number of benzene rings is 2. The Bertz CT molecular complexity index is 1210. The summed E-state index contributed by atoms with van der Waals surface area (Å²) in [5.74, 6) is 1.35. The SMILES string of the molecule is CCc1ccc2cc1CN1CCN(CC1=O)Cc1cncn1Cc1ccc(C#N)c(c1)O2. The number of carbonyl (C=O) groups excluding carboxylic acids is 1. The molecule has 0 N–H and O–H groups in total. The van der Waals surface area contributed by atoms with Crippen LogP contribution in [0.25, 0.3) is 0 Å². The third-order valence-electron chi connectivity index (χ3n) is 6.25. The number of imidazole rings is 1. The van der Waals surface area contributed by atoms with Crippen molar-refractivity contribution in [3.8, 4) is 17.6 Å². The Hall–Kier alpha value is -3.63. The number of amides is 1. The van der Waals surface area contributed by atoms with Gasteiger partial charge in [0.1, 0.15) is 17.6 Å². The summed E-state index contributed by atoms with van der Waals surface area (Å²) in [6.07, 6.45) is 4.55. The van der Waals surface area contributed by atoms with Crippen LogP contribution in [-0.4, -0.2) is 44.9 Å². The maximum absolute atomic E-state index is 12.9. The Morgan fingerprint density at radius 3 is 2.81 bits per heavy atom. The second-order valence-corrected chi connectivity index (χ2v) is 8.37. The fourth-order valence-electron chi connectivity index (χ4n) is 4.44. The standard InChI is InChI=1S/C25H25N5O2/c1-2-19-5-6-23-10-21(19)14-29-8-7-28(16-25(29)31)15-22-12-27-17-30(22)13-18-3-4-20(11-26)24(9-18)32-23/h3-6,9-10,12,17H,2,7-8,13-16H2,1H3. The first kappa shape index (κ1) is 20.3. The van der Waals surface area contributed by atoms with Crippen molar-refractivity contribution < 1.29 is 9.53 Å². The number of aryl methyl sites for hydroxylation is 1. The molecule has 1 fully saturated rings. The third kappa shape index (κ3) is 3.97. The van der Waals surface area contributed by atoms with Crippen LogP contribution in [0.4, 0.5) is 0 Å². The van der Waals surface area contributed by atoms with Crippen molar-refractivity contribution in [3.05, 3.63) is 76.9 Å². The molecule has 1 saturated heterocycles. The molecule has 0 spiro atoms. The van der Waals surface area contributed by atoms with Gasteiger partial charge in [-0.15, -0.1) is 0 Å². The molecule has 7 nitrogen and oxygen atoms in total. The zero-order valence-corrected chi connectivity index (χ0v) is 18.1. The number of fused-ring (bicyclic) bond motifs is 2. The highest BCUT2D eigenvalue weighted by molar-refractivity contribution is 5.79. The first-order chi connectivity index (χ1) is 15.6. The second-order valence-electron chi connectivity index (χ2n) is 8.37. The summed E-state index contributed by atoms with van der Waals surface area (Å²) in [5.41, 5.74) is 4.87.